The molecule has 0 aliphatic carbocycles. The first-order valence-electron chi connectivity index (χ1n) is 7.29. The Kier molecular flexibility index (Phi) is 5.59. The fourth-order valence-electron chi connectivity index (χ4n) is 3.11. The Hall–Kier alpha value is -0.700. The van der Waals surface area contributed by atoms with E-state index >= 15 is 0 Å². The molecule has 2 fully saturated rings. The lowest BCUT2D eigenvalue weighted by atomic mass is 10.0. The molecule has 0 aromatic heterocycles. The Morgan fingerprint density at radius 3 is 2.57 bits per heavy atom. The number of nitrogens with zero attached hydrogens (tertiary/aromatic N) is 2. The van der Waals surface area contributed by atoms with Gasteiger partial charge in [-0.15, -0.1) is 0 Å². The number of carbonyl (C=O) groups excluding carboxylic acids is 1. The molecule has 2 heterocycles. The van der Waals surface area contributed by atoms with Crippen molar-refractivity contribution in [3.63, 3.8) is 0 Å². The summed E-state index contributed by atoms with van der Waals surface area (Å²) in [7, 11) is -1.49. The molecule has 2 aliphatic heterocycles. The second-order valence-electron chi connectivity index (χ2n) is 5.47. The zero-order chi connectivity index (χ0) is 15.5. The van der Waals surface area contributed by atoms with Gasteiger partial charge in [-0.25, -0.2) is 8.42 Å². The smallest absolute Gasteiger partial charge is 0.248 e. The van der Waals surface area contributed by atoms with Crippen molar-refractivity contribution in [2.75, 3.05) is 58.1 Å². The maximum absolute atomic E-state index is 12.3. The zero-order valence-corrected chi connectivity index (χ0v) is 13.5. The van der Waals surface area contributed by atoms with Crippen molar-refractivity contribution in [1.82, 2.24) is 9.80 Å². The van der Waals surface area contributed by atoms with Crippen LogP contribution in [-0.4, -0.2) is 94.3 Å². The topological polar surface area (TPSA) is 76.2 Å². The van der Waals surface area contributed by atoms with Crippen LogP contribution in [0.1, 0.15) is 6.92 Å². The number of ether oxygens (including phenoxy) is 2. The van der Waals surface area contributed by atoms with E-state index in [2.05, 4.69) is 4.90 Å². The molecule has 122 valence electrons. The van der Waals surface area contributed by atoms with Crippen LogP contribution in [0, 0.1) is 0 Å². The molecule has 0 aromatic carbocycles. The van der Waals surface area contributed by atoms with Gasteiger partial charge in [-0.1, -0.05) is 6.92 Å². The van der Waals surface area contributed by atoms with Gasteiger partial charge in [0.2, 0.25) is 5.91 Å². The maximum atomic E-state index is 12.3. The normalized spacial score (nSPS) is 28.6. The highest BCUT2D eigenvalue weighted by Crippen LogP contribution is 2.26. The first-order valence-corrected chi connectivity index (χ1v) is 9.11. The van der Waals surface area contributed by atoms with Crippen molar-refractivity contribution in [2.24, 2.45) is 0 Å². The van der Waals surface area contributed by atoms with Gasteiger partial charge in [0.1, 0.15) is 6.61 Å². The monoisotopic (exact) mass is 320 g/mol. The molecule has 21 heavy (non-hydrogen) atoms. The van der Waals surface area contributed by atoms with Gasteiger partial charge in [0.15, 0.2) is 9.84 Å². The van der Waals surface area contributed by atoms with Gasteiger partial charge >= 0.3 is 0 Å². The molecule has 8 heteroatoms. The van der Waals surface area contributed by atoms with Crippen LogP contribution >= 0.6 is 0 Å². The van der Waals surface area contributed by atoms with Crippen molar-refractivity contribution >= 4 is 15.7 Å². The van der Waals surface area contributed by atoms with Gasteiger partial charge in [-0.05, 0) is 6.54 Å². The molecule has 0 saturated carbocycles. The quantitative estimate of drug-likeness (QED) is 0.583. The standard InChI is InChI=1S/C13H24N2O5S/c1-3-14-4-5-15(13(16)8-20-7-6-19-2)12-10-21(17,18)9-11(12)14/h11-12H,3-10H2,1-2H3/t11-,12+/m1/s1. The van der Waals surface area contributed by atoms with E-state index < -0.39 is 9.84 Å². The summed E-state index contributed by atoms with van der Waals surface area (Å²) < 4.78 is 33.9. The van der Waals surface area contributed by atoms with E-state index in [0.717, 1.165) is 13.1 Å². The molecule has 2 aliphatic rings. The first kappa shape index (κ1) is 16.7. The summed E-state index contributed by atoms with van der Waals surface area (Å²) in [5.74, 6) is 0.0894. The number of hydrogen-bond donors (Lipinski definition) is 0. The van der Waals surface area contributed by atoms with Crippen LogP contribution in [0.3, 0.4) is 0 Å². The van der Waals surface area contributed by atoms with Gasteiger partial charge in [0, 0.05) is 26.2 Å². The minimum absolute atomic E-state index is 0.0151. The molecular weight excluding hydrogens is 296 g/mol. The van der Waals surface area contributed by atoms with Crippen LogP contribution < -0.4 is 0 Å². The van der Waals surface area contributed by atoms with Gasteiger partial charge in [-0.3, -0.25) is 9.69 Å². The molecule has 0 aromatic rings. The van der Waals surface area contributed by atoms with E-state index in [1.54, 1.807) is 12.0 Å². The molecule has 2 atom stereocenters. The predicted molar refractivity (Wildman–Crippen MR) is 77.9 cm³/mol. The van der Waals surface area contributed by atoms with E-state index in [1.807, 2.05) is 6.92 Å². The SMILES string of the molecule is CCN1CCN(C(=O)COCCOC)[C@H]2CS(=O)(=O)C[C@H]21. The van der Waals surface area contributed by atoms with E-state index in [9.17, 15) is 13.2 Å². The van der Waals surface area contributed by atoms with Crippen molar-refractivity contribution in [3.05, 3.63) is 0 Å². The fourth-order valence-corrected chi connectivity index (χ4v) is 5.12. The Morgan fingerprint density at radius 2 is 1.90 bits per heavy atom. The van der Waals surface area contributed by atoms with Crippen molar-refractivity contribution in [1.29, 1.82) is 0 Å². The van der Waals surface area contributed by atoms with Gasteiger partial charge in [0.05, 0.1) is 30.8 Å². The van der Waals surface area contributed by atoms with Crippen molar-refractivity contribution < 1.29 is 22.7 Å². The molecule has 0 spiro atoms. The number of piperazine rings is 1. The Balaban J connectivity index is 1.99. The first-order chi connectivity index (χ1) is 9.98. The molecular formula is C13H24N2O5S. The summed E-state index contributed by atoms with van der Waals surface area (Å²) >= 11 is 0. The third-order valence-electron chi connectivity index (χ3n) is 4.17. The van der Waals surface area contributed by atoms with Crippen LogP contribution in [0.4, 0.5) is 0 Å². The molecule has 0 bridgehead atoms. The van der Waals surface area contributed by atoms with E-state index in [4.69, 9.17) is 9.47 Å². The van der Waals surface area contributed by atoms with E-state index in [0.29, 0.717) is 19.8 Å². The molecule has 0 N–H and O–H groups in total. The summed E-state index contributed by atoms with van der Waals surface area (Å²) in [4.78, 5) is 16.1. The molecule has 0 unspecified atom stereocenters. The number of fused-ring (bicyclic) bond motifs is 1. The number of methoxy groups -OCH3 is 1. The predicted octanol–water partition coefficient (Wildman–Crippen LogP) is -1.02. The minimum atomic E-state index is -3.06. The van der Waals surface area contributed by atoms with Crippen LogP contribution in [0.2, 0.25) is 0 Å². The number of amides is 1. The third-order valence-corrected chi connectivity index (χ3v) is 5.87. The average molecular weight is 320 g/mol. The highest BCUT2D eigenvalue weighted by atomic mass is 32.2. The van der Waals surface area contributed by atoms with Crippen LogP contribution in [-0.2, 0) is 24.1 Å². The lowest BCUT2D eigenvalue weighted by Gasteiger charge is -2.43. The Morgan fingerprint density at radius 1 is 1.19 bits per heavy atom. The van der Waals surface area contributed by atoms with Crippen molar-refractivity contribution in [3.8, 4) is 0 Å². The van der Waals surface area contributed by atoms with Crippen LogP contribution in [0.25, 0.3) is 0 Å². The lowest BCUT2D eigenvalue weighted by molar-refractivity contribution is -0.142. The highest BCUT2D eigenvalue weighted by Gasteiger charge is 2.47. The summed E-state index contributed by atoms with van der Waals surface area (Å²) in [6.07, 6.45) is 0. The maximum Gasteiger partial charge on any atom is 0.248 e. The number of likely N-dealkylation sites (N-methyl/N-ethyl adjacent to an activating group) is 1. The minimum Gasteiger partial charge on any atom is -0.382 e. The average Bonchev–Trinajstić information content (AvgIpc) is 2.77. The lowest BCUT2D eigenvalue weighted by Crippen LogP contribution is -2.61. The summed E-state index contributed by atoms with van der Waals surface area (Å²) in [5, 5.41) is 0. The highest BCUT2D eigenvalue weighted by molar-refractivity contribution is 7.91. The van der Waals surface area contributed by atoms with E-state index in [1.165, 1.54) is 0 Å². The second kappa shape index (κ2) is 7.04. The number of rotatable bonds is 6. The molecule has 2 rings (SSSR count). The van der Waals surface area contributed by atoms with Gasteiger partial charge < -0.3 is 14.4 Å². The number of hydrogen-bond acceptors (Lipinski definition) is 6. The summed E-state index contributed by atoms with van der Waals surface area (Å²) in [6.45, 7) is 4.91. The van der Waals surface area contributed by atoms with Gasteiger partial charge in [-0.2, -0.15) is 0 Å². The molecule has 0 radical (unpaired) electrons. The van der Waals surface area contributed by atoms with Crippen molar-refractivity contribution in [2.45, 2.75) is 19.0 Å². The van der Waals surface area contributed by atoms with Gasteiger partial charge in [0.25, 0.3) is 0 Å². The Labute approximate surface area is 126 Å². The summed E-state index contributed by atoms with van der Waals surface area (Å²) in [5.41, 5.74) is 0. The molecule has 1 amide bonds. The number of carbonyl (C=O) groups is 1. The fraction of sp³-hybridized carbons (Fsp3) is 0.923. The number of sulfone groups is 1. The Bertz CT molecular complexity index is 467. The molecule has 2 saturated heterocycles. The van der Waals surface area contributed by atoms with E-state index in [-0.39, 0.29) is 36.1 Å². The largest absolute Gasteiger partial charge is 0.382 e. The summed E-state index contributed by atoms with van der Waals surface area (Å²) in [6, 6.07) is -0.307. The van der Waals surface area contributed by atoms with Crippen LogP contribution in [0.15, 0.2) is 0 Å². The third kappa shape index (κ3) is 3.94. The zero-order valence-electron chi connectivity index (χ0n) is 12.7. The van der Waals surface area contributed by atoms with Crippen LogP contribution in [0.5, 0.6) is 0 Å². The molecule has 7 nitrogen and oxygen atoms in total. The second-order valence-corrected chi connectivity index (χ2v) is 7.63.